The molecule has 23 heavy (non-hydrogen) atoms. The molecule has 0 spiro atoms. The fourth-order valence-corrected chi connectivity index (χ4v) is 4.92. The predicted molar refractivity (Wildman–Crippen MR) is 98.5 cm³/mol. The monoisotopic (exact) mass is 320 g/mol. The molecule has 2 aliphatic rings. The van der Waals surface area contributed by atoms with Crippen molar-refractivity contribution in [2.45, 2.75) is 115 Å². The van der Waals surface area contributed by atoms with E-state index in [2.05, 4.69) is 82.0 Å². The van der Waals surface area contributed by atoms with Crippen LogP contribution in [-0.2, 0) is 0 Å². The zero-order valence-electron chi connectivity index (χ0n) is 16.4. The first-order chi connectivity index (χ1) is 10.3. The van der Waals surface area contributed by atoms with Crippen LogP contribution in [0.1, 0.15) is 81.1 Å². The molecular formula is C19H36N4. The topological polar surface area (TPSA) is 48.8 Å². The van der Waals surface area contributed by atoms with Crippen molar-refractivity contribution >= 4 is 6.01 Å². The molecule has 2 aliphatic heterocycles. The van der Waals surface area contributed by atoms with Gasteiger partial charge in [0.15, 0.2) is 0 Å². The summed E-state index contributed by atoms with van der Waals surface area (Å²) in [5.74, 6) is 0. The van der Waals surface area contributed by atoms with Crippen LogP contribution >= 0.6 is 0 Å². The lowest BCUT2D eigenvalue weighted by molar-refractivity contribution is 0.163. The van der Waals surface area contributed by atoms with Crippen LogP contribution in [0.4, 0.5) is 0 Å². The Balaban J connectivity index is 2.05. The maximum Gasteiger partial charge on any atom is 0.0898 e. The van der Waals surface area contributed by atoms with Crippen molar-refractivity contribution in [3.05, 3.63) is 0 Å². The molecule has 132 valence electrons. The van der Waals surface area contributed by atoms with Gasteiger partial charge in [0.1, 0.15) is 0 Å². The summed E-state index contributed by atoms with van der Waals surface area (Å²) in [6.45, 7) is 18.0. The number of hydrogen-bond acceptors (Lipinski definition) is 4. The summed E-state index contributed by atoms with van der Waals surface area (Å²) in [4.78, 5) is 9.37. The van der Waals surface area contributed by atoms with E-state index in [1.807, 2.05) is 0 Å². The van der Waals surface area contributed by atoms with E-state index in [-0.39, 0.29) is 22.2 Å². The first-order valence-electron chi connectivity index (χ1n) is 9.01. The maximum absolute atomic E-state index is 4.69. The molecule has 2 fully saturated rings. The van der Waals surface area contributed by atoms with Crippen LogP contribution in [-0.4, -0.2) is 40.2 Å². The van der Waals surface area contributed by atoms with Gasteiger partial charge in [0.05, 0.1) is 18.1 Å². The smallest absolute Gasteiger partial charge is 0.0898 e. The van der Waals surface area contributed by atoms with E-state index in [0.717, 1.165) is 25.7 Å². The van der Waals surface area contributed by atoms with E-state index in [0.29, 0.717) is 12.1 Å². The normalized spacial score (nSPS) is 29.6. The molecule has 0 radical (unpaired) electrons. The summed E-state index contributed by atoms with van der Waals surface area (Å²) in [6, 6.07) is 3.70. The van der Waals surface area contributed by atoms with Crippen LogP contribution in [0.25, 0.3) is 0 Å². The van der Waals surface area contributed by atoms with Crippen molar-refractivity contribution in [1.29, 1.82) is 0 Å². The van der Waals surface area contributed by atoms with Gasteiger partial charge in [-0.2, -0.15) is 0 Å². The molecule has 0 amide bonds. The average Bonchev–Trinajstić information content (AvgIpc) is 2.19. The van der Waals surface area contributed by atoms with E-state index in [1.54, 1.807) is 0 Å². The summed E-state index contributed by atoms with van der Waals surface area (Å²) in [7, 11) is 0. The van der Waals surface area contributed by atoms with Crippen molar-refractivity contribution in [3.63, 3.8) is 0 Å². The van der Waals surface area contributed by atoms with Crippen LogP contribution in [0.5, 0.6) is 0 Å². The zero-order chi connectivity index (χ0) is 17.5. The molecular weight excluding hydrogens is 284 g/mol. The fraction of sp³-hybridized carbons (Fsp3) is 0.947. The van der Waals surface area contributed by atoms with Crippen molar-refractivity contribution in [1.82, 2.24) is 10.6 Å². The second-order valence-electron chi connectivity index (χ2n) is 10.3. The first-order valence-corrected chi connectivity index (χ1v) is 9.01. The van der Waals surface area contributed by atoms with Gasteiger partial charge in [-0.15, -0.1) is 0 Å². The van der Waals surface area contributed by atoms with Gasteiger partial charge in [-0.05, 0) is 81.1 Å². The highest BCUT2D eigenvalue weighted by Gasteiger charge is 2.38. The molecule has 0 aromatic rings. The second-order valence-corrected chi connectivity index (χ2v) is 10.3. The summed E-state index contributed by atoms with van der Waals surface area (Å²) in [5, 5.41) is 7.39. The Kier molecular flexibility index (Phi) is 4.85. The van der Waals surface area contributed by atoms with Crippen molar-refractivity contribution in [3.8, 4) is 0 Å². The van der Waals surface area contributed by atoms with Gasteiger partial charge in [-0.3, -0.25) is 0 Å². The molecule has 0 bridgehead atoms. The molecule has 0 aliphatic carbocycles. The molecule has 4 nitrogen and oxygen atoms in total. The summed E-state index contributed by atoms with van der Waals surface area (Å²) < 4.78 is 0. The third-order valence-corrected chi connectivity index (χ3v) is 4.82. The van der Waals surface area contributed by atoms with Gasteiger partial charge in [0, 0.05) is 22.2 Å². The van der Waals surface area contributed by atoms with E-state index in [1.165, 1.54) is 0 Å². The largest absolute Gasteiger partial charge is 0.307 e. The lowest BCUT2D eigenvalue weighted by Gasteiger charge is -2.45. The lowest BCUT2D eigenvalue weighted by Crippen LogP contribution is -2.59. The summed E-state index contributed by atoms with van der Waals surface area (Å²) in [5.41, 5.74) is 0.485. The Hall–Kier alpha value is -0.700. The zero-order valence-corrected chi connectivity index (χ0v) is 16.4. The third kappa shape index (κ3) is 5.70. The van der Waals surface area contributed by atoms with Crippen LogP contribution < -0.4 is 10.6 Å². The van der Waals surface area contributed by atoms with E-state index in [4.69, 9.17) is 0 Å². The van der Waals surface area contributed by atoms with Crippen molar-refractivity contribution in [2.75, 3.05) is 0 Å². The highest BCUT2D eigenvalue weighted by atomic mass is 15.1. The molecule has 0 atom stereocenters. The number of nitrogens with one attached hydrogen (secondary N) is 2. The quantitative estimate of drug-likeness (QED) is 0.761. The van der Waals surface area contributed by atoms with Crippen molar-refractivity contribution in [2.24, 2.45) is 9.98 Å². The Morgan fingerprint density at radius 3 is 1.13 bits per heavy atom. The Morgan fingerprint density at radius 2 is 0.870 bits per heavy atom. The molecule has 2 rings (SSSR count). The van der Waals surface area contributed by atoms with Crippen LogP contribution in [0.2, 0.25) is 0 Å². The summed E-state index contributed by atoms with van der Waals surface area (Å²) >= 11 is 0. The third-order valence-electron chi connectivity index (χ3n) is 4.82. The molecule has 2 saturated heterocycles. The Bertz CT molecular complexity index is 421. The molecule has 0 saturated carbocycles. The highest BCUT2D eigenvalue weighted by Crippen LogP contribution is 2.31. The van der Waals surface area contributed by atoms with Gasteiger partial charge in [-0.25, -0.2) is 9.98 Å². The molecule has 2 heterocycles. The first kappa shape index (κ1) is 18.6. The summed E-state index contributed by atoms with van der Waals surface area (Å²) in [6.07, 6.45) is 4.18. The van der Waals surface area contributed by atoms with E-state index < -0.39 is 0 Å². The second kappa shape index (κ2) is 5.98. The SMILES string of the molecule is CC1(C)CC(N=C=NC2CC(C)(C)NC(C)(C)C2)CC(C)(C)N1. The molecule has 2 N–H and O–H groups in total. The Morgan fingerprint density at radius 1 is 0.609 bits per heavy atom. The van der Waals surface area contributed by atoms with Crippen LogP contribution in [0.15, 0.2) is 9.98 Å². The molecule has 0 unspecified atom stereocenters. The van der Waals surface area contributed by atoms with Gasteiger partial charge < -0.3 is 10.6 Å². The van der Waals surface area contributed by atoms with Gasteiger partial charge in [-0.1, -0.05) is 0 Å². The number of piperidine rings is 2. The maximum atomic E-state index is 4.69. The number of hydrogen-bond donors (Lipinski definition) is 2. The fourth-order valence-electron chi connectivity index (χ4n) is 4.92. The van der Waals surface area contributed by atoms with Gasteiger partial charge in [0.25, 0.3) is 0 Å². The van der Waals surface area contributed by atoms with Crippen molar-refractivity contribution < 1.29 is 0 Å². The average molecular weight is 321 g/mol. The number of nitrogens with zero attached hydrogens (tertiary/aromatic N) is 2. The predicted octanol–water partition coefficient (Wildman–Crippen LogP) is 3.78. The van der Waals surface area contributed by atoms with Gasteiger partial charge in [0.2, 0.25) is 0 Å². The van der Waals surface area contributed by atoms with E-state index >= 15 is 0 Å². The number of aliphatic imine (C=N–C) groups is 2. The minimum atomic E-state index is 0.121. The highest BCUT2D eigenvalue weighted by molar-refractivity contribution is 5.42. The minimum absolute atomic E-state index is 0.121. The standard InChI is InChI=1S/C19H36N4/c1-16(2)9-14(10-17(3,4)22-16)20-13-21-15-11-18(5,6)23-19(7,8)12-15/h14-15,22-23H,9-12H2,1-8H3. The molecule has 0 aromatic heterocycles. The molecule has 0 aromatic carbocycles. The lowest BCUT2D eigenvalue weighted by atomic mass is 9.80. The van der Waals surface area contributed by atoms with E-state index in [9.17, 15) is 0 Å². The minimum Gasteiger partial charge on any atom is -0.307 e. The van der Waals surface area contributed by atoms with Crippen LogP contribution in [0.3, 0.4) is 0 Å². The Labute approximate surface area is 142 Å². The van der Waals surface area contributed by atoms with Gasteiger partial charge >= 0.3 is 0 Å². The molecule has 4 heteroatoms. The number of rotatable bonds is 2. The van der Waals surface area contributed by atoms with Crippen LogP contribution in [0, 0.1) is 0 Å².